The van der Waals surface area contributed by atoms with Crippen molar-refractivity contribution >= 4 is 15.9 Å². The van der Waals surface area contributed by atoms with Crippen LogP contribution in [0.2, 0.25) is 0 Å². The van der Waals surface area contributed by atoms with Crippen LogP contribution >= 0.6 is 15.9 Å². The minimum Gasteiger partial charge on any atom is -0.497 e. The molecule has 0 radical (unpaired) electrons. The van der Waals surface area contributed by atoms with Gasteiger partial charge in [-0.1, -0.05) is 6.07 Å². The van der Waals surface area contributed by atoms with Crippen molar-refractivity contribution in [1.29, 1.82) is 0 Å². The Bertz CT molecular complexity index is 567. The van der Waals surface area contributed by atoms with Crippen molar-refractivity contribution in [2.24, 2.45) is 0 Å². The molecule has 0 aliphatic heterocycles. The van der Waals surface area contributed by atoms with Gasteiger partial charge < -0.3 is 14.2 Å². The maximum absolute atomic E-state index is 5.72. The molecule has 0 saturated carbocycles. The Balaban J connectivity index is 1.69. The van der Waals surface area contributed by atoms with Gasteiger partial charge in [-0.3, -0.25) is 0 Å². The Kier molecular flexibility index (Phi) is 5.93. The predicted octanol–water partition coefficient (Wildman–Crippen LogP) is 4.61. The zero-order chi connectivity index (χ0) is 15.1. The van der Waals surface area contributed by atoms with Crippen molar-refractivity contribution in [1.82, 2.24) is 0 Å². The fourth-order valence-corrected chi connectivity index (χ4v) is 2.43. The lowest BCUT2D eigenvalue weighted by molar-refractivity contribution is 0.246. The van der Waals surface area contributed by atoms with Gasteiger partial charge >= 0.3 is 0 Å². The average Bonchev–Trinajstić information content (AvgIpc) is 2.49. The molecule has 21 heavy (non-hydrogen) atoms. The second kappa shape index (κ2) is 7.93. The highest BCUT2D eigenvalue weighted by molar-refractivity contribution is 9.10. The lowest BCUT2D eigenvalue weighted by Crippen LogP contribution is -2.05. The molecule has 0 unspecified atom stereocenters. The molecule has 112 valence electrons. The SMILES string of the molecule is COc1ccc(OCCCOc2ccc(C)cc2Br)cc1. The number of rotatable bonds is 7. The standard InChI is InChI=1S/C17H19BrO3/c1-13-4-9-17(16(18)12-13)21-11-3-10-20-15-7-5-14(19-2)6-8-15/h4-9,12H,3,10-11H2,1-2H3. The molecule has 4 heteroatoms. The fraction of sp³-hybridized carbons (Fsp3) is 0.294. The summed E-state index contributed by atoms with van der Waals surface area (Å²) in [7, 11) is 1.65. The van der Waals surface area contributed by atoms with Crippen LogP contribution in [0.15, 0.2) is 46.9 Å². The van der Waals surface area contributed by atoms with Crippen molar-refractivity contribution in [3.05, 3.63) is 52.5 Å². The Morgan fingerprint density at radius 1 is 0.905 bits per heavy atom. The van der Waals surface area contributed by atoms with E-state index < -0.39 is 0 Å². The number of halogens is 1. The maximum atomic E-state index is 5.72. The summed E-state index contributed by atoms with van der Waals surface area (Å²) in [4.78, 5) is 0. The third kappa shape index (κ3) is 4.97. The van der Waals surface area contributed by atoms with Gasteiger partial charge in [0.05, 0.1) is 24.8 Å². The van der Waals surface area contributed by atoms with E-state index in [9.17, 15) is 0 Å². The third-order valence-corrected chi connectivity index (χ3v) is 3.58. The molecule has 2 aromatic carbocycles. The zero-order valence-corrected chi connectivity index (χ0v) is 13.9. The van der Waals surface area contributed by atoms with Gasteiger partial charge in [0.2, 0.25) is 0 Å². The Hall–Kier alpha value is -1.68. The molecule has 2 aromatic rings. The lowest BCUT2D eigenvalue weighted by Gasteiger charge is -2.10. The number of methoxy groups -OCH3 is 1. The summed E-state index contributed by atoms with van der Waals surface area (Å²) in [6.07, 6.45) is 0.826. The van der Waals surface area contributed by atoms with Crippen LogP contribution in [0.3, 0.4) is 0 Å². The first-order chi connectivity index (χ1) is 10.2. The molecule has 0 spiro atoms. The average molecular weight is 351 g/mol. The summed E-state index contributed by atoms with van der Waals surface area (Å²) >= 11 is 3.50. The topological polar surface area (TPSA) is 27.7 Å². The van der Waals surface area contributed by atoms with Crippen LogP contribution < -0.4 is 14.2 Å². The molecular formula is C17H19BrO3. The molecule has 0 aromatic heterocycles. The largest absolute Gasteiger partial charge is 0.497 e. The molecule has 3 nitrogen and oxygen atoms in total. The van der Waals surface area contributed by atoms with E-state index in [1.54, 1.807) is 7.11 Å². The minimum absolute atomic E-state index is 0.621. The third-order valence-electron chi connectivity index (χ3n) is 2.96. The summed E-state index contributed by atoms with van der Waals surface area (Å²) < 4.78 is 17.5. The van der Waals surface area contributed by atoms with E-state index in [0.717, 1.165) is 28.1 Å². The molecule has 0 bridgehead atoms. The highest BCUT2D eigenvalue weighted by Gasteiger charge is 2.01. The molecule has 2 rings (SSSR count). The van der Waals surface area contributed by atoms with Crippen LogP contribution in [0, 0.1) is 6.92 Å². The van der Waals surface area contributed by atoms with Crippen molar-refractivity contribution < 1.29 is 14.2 Å². The first kappa shape index (κ1) is 15.7. The van der Waals surface area contributed by atoms with Gasteiger partial charge in [-0.2, -0.15) is 0 Å². The summed E-state index contributed by atoms with van der Waals surface area (Å²) in [6, 6.07) is 13.6. The van der Waals surface area contributed by atoms with Gasteiger partial charge in [-0.15, -0.1) is 0 Å². The van der Waals surface area contributed by atoms with Crippen LogP contribution in [0.5, 0.6) is 17.2 Å². The molecule has 0 heterocycles. The number of benzene rings is 2. The molecule has 0 aliphatic carbocycles. The minimum atomic E-state index is 0.621. The van der Waals surface area contributed by atoms with Crippen molar-refractivity contribution in [2.75, 3.05) is 20.3 Å². The van der Waals surface area contributed by atoms with E-state index in [4.69, 9.17) is 14.2 Å². The van der Waals surface area contributed by atoms with Gasteiger partial charge in [0.25, 0.3) is 0 Å². The second-order valence-electron chi connectivity index (χ2n) is 4.66. The van der Waals surface area contributed by atoms with E-state index in [-0.39, 0.29) is 0 Å². The van der Waals surface area contributed by atoms with E-state index in [1.807, 2.05) is 42.5 Å². The highest BCUT2D eigenvalue weighted by Crippen LogP contribution is 2.25. The van der Waals surface area contributed by atoms with Crippen molar-refractivity contribution in [3.63, 3.8) is 0 Å². The van der Waals surface area contributed by atoms with Crippen LogP contribution in [-0.2, 0) is 0 Å². The Morgan fingerprint density at radius 2 is 1.57 bits per heavy atom. The molecular weight excluding hydrogens is 332 g/mol. The van der Waals surface area contributed by atoms with Crippen molar-refractivity contribution in [2.45, 2.75) is 13.3 Å². The van der Waals surface area contributed by atoms with Gasteiger partial charge in [0.1, 0.15) is 17.2 Å². The van der Waals surface area contributed by atoms with Crippen LogP contribution in [-0.4, -0.2) is 20.3 Å². The number of ether oxygens (including phenoxy) is 3. The highest BCUT2D eigenvalue weighted by atomic mass is 79.9. The molecule has 0 atom stereocenters. The van der Waals surface area contributed by atoms with Crippen LogP contribution in [0.1, 0.15) is 12.0 Å². The Labute approximate surface area is 134 Å². The predicted molar refractivity (Wildman–Crippen MR) is 87.5 cm³/mol. The summed E-state index contributed by atoms with van der Waals surface area (Å²) in [5.41, 5.74) is 1.21. The second-order valence-corrected chi connectivity index (χ2v) is 5.51. The first-order valence-corrected chi connectivity index (χ1v) is 7.64. The van der Waals surface area contributed by atoms with E-state index in [2.05, 4.69) is 22.9 Å². The van der Waals surface area contributed by atoms with E-state index >= 15 is 0 Å². The maximum Gasteiger partial charge on any atom is 0.133 e. The van der Waals surface area contributed by atoms with Gasteiger partial charge in [0, 0.05) is 6.42 Å². The zero-order valence-electron chi connectivity index (χ0n) is 12.3. The number of hydrogen-bond donors (Lipinski definition) is 0. The number of hydrogen-bond acceptors (Lipinski definition) is 3. The molecule has 0 saturated heterocycles. The smallest absolute Gasteiger partial charge is 0.133 e. The summed E-state index contributed by atoms with van der Waals surface area (Å²) in [6.45, 7) is 3.30. The lowest BCUT2D eigenvalue weighted by atomic mass is 10.2. The van der Waals surface area contributed by atoms with Crippen molar-refractivity contribution in [3.8, 4) is 17.2 Å². The monoisotopic (exact) mass is 350 g/mol. The first-order valence-electron chi connectivity index (χ1n) is 6.85. The fourth-order valence-electron chi connectivity index (χ4n) is 1.83. The molecule has 0 aliphatic rings. The molecule has 0 fully saturated rings. The summed E-state index contributed by atoms with van der Waals surface area (Å²) in [5, 5.41) is 0. The number of aryl methyl sites for hydroxylation is 1. The molecule has 0 N–H and O–H groups in total. The van der Waals surface area contributed by atoms with Gasteiger partial charge in [0.15, 0.2) is 0 Å². The van der Waals surface area contributed by atoms with Gasteiger partial charge in [-0.05, 0) is 64.8 Å². The normalized spacial score (nSPS) is 10.2. The van der Waals surface area contributed by atoms with Gasteiger partial charge in [-0.25, -0.2) is 0 Å². The van der Waals surface area contributed by atoms with E-state index in [0.29, 0.717) is 13.2 Å². The van der Waals surface area contributed by atoms with Crippen LogP contribution in [0.4, 0.5) is 0 Å². The quantitative estimate of drug-likeness (QED) is 0.682. The molecule has 0 amide bonds. The summed E-state index contributed by atoms with van der Waals surface area (Å²) in [5.74, 6) is 2.53. The van der Waals surface area contributed by atoms with Crippen LogP contribution in [0.25, 0.3) is 0 Å². The Morgan fingerprint density at radius 3 is 2.24 bits per heavy atom. The van der Waals surface area contributed by atoms with E-state index in [1.165, 1.54) is 5.56 Å².